The van der Waals surface area contributed by atoms with Crippen LogP contribution in [0.5, 0.6) is 0 Å². The third-order valence-electron chi connectivity index (χ3n) is 4.61. The van der Waals surface area contributed by atoms with Crippen LogP contribution in [0.4, 0.5) is 8.78 Å². The van der Waals surface area contributed by atoms with E-state index in [1.54, 1.807) is 29.2 Å². The normalized spacial score (nSPS) is 16.1. The van der Waals surface area contributed by atoms with Crippen LogP contribution in [-0.4, -0.2) is 41.9 Å². The van der Waals surface area contributed by atoms with Crippen LogP contribution in [-0.2, 0) is 11.2 Å². The fourth-order valence-electron chi connectivity index (χ4n) is 3.13. The Hall–Kier alpha value is -2.78. The molecular weight excluding hydrogens is 336 g/mol. The van der Waals surface area contributed by atoms with Gasteiger partial charge in [0.2, 0.25) is 5.91 Å². The zero-order chi connectivity index (χ0) is 18.5. The largest absolute Gasteiger partial charge is 0.340 e. The monoisotopic (exact) mass is 355 g/mol. The highest BCUT2D eigenvalue weighted by atomic mass is 19.1. The van der Waals surface area contributed by atoms with E-state index in [-0.39, 0.29) is 24.0 Å². The van der Waals surface area contributed by atoms with Gasteiger partial charge in [-0.3, -0.25) is 9.69 Å². The molecule has 1 aliphatic rings. The molecule has 1 unspecified atom stereocenters. The summed E-state index contributed by atoms with van der Waals surface area (Å²) in [7, 11) is 0. The lowest BCUT2D eigenvalue weighted by molar-refractivity contribution is -0.132. The van der Waals surface area contributed by atoms with E-state index in [0.717, 1.165) is 11.1 Å². The van der Waals surface area contributed by atoms with Gasteiger partial charge in [0.15, 0.2) is 0 Å². The lowest BCUT2D eigenvalue weighted by atomic mass is 10.1. The Bertz CT molecular complexity index is 791. The third-order valence-corrected chi connectivity index (χ3v) is 4.61. The van der Waals surface area contributed by atoms with Gasteiger partial charge < -0.3 is 4.90 Å². The molecule has 1 saturated heterocycles. The van der Waals surface area contributed by atoms with Crippen molar-refractivity contribution >= 4 is 5.91 Å². The van der Waals surface area contributed by atoms with Gasteiger partial charge >= 0.3 is 0 Å². The molecule has 0 radical (unpaired) electrons. The molecule has 1 atom stereocenters. The first-order valence-corrected chi connectivity index (χ1v) is 8.48. The number of halogens is 2. The number of benzene rings is 2. The number of nitriles is 1. The van der Waals surface area contributed by atoms with Crippen LogP contribution < -0.4 is 0 Å². The summed E-state index contributed by atoms with van der Waals surface area (Å²) < 4.78 is 26.0. The zero-order valence-electron chi connectivity index (χ0n) is 14.2. The molecule has 3 rings (SSSR count). The maximum Gasteiger partial charge on any atom is 0.227 e. The molecule has 134 valence electrons. The topological polar surface area (TPSA) is 47.3 Å². The van der Waals surface area contributed by atoms with Crippen molar-refractivity contribution in [1.82, 2.24) is 9.80 Å². The predicted molar refractivity (Wildman–Crippen MR) is 93.0 cm³/mol. The summed E-state index contributed by atoms with van der Waals surface area (Å²) in [6, 6.07) is 13.7. The molecule has 2 aromatic carbocycles. The number of rotatable bonds is 4. The van der Waals surface area contributed by atoms with Crippen LogP contribution in [0.2, 0.25) is 0 Å². The van der Waals surface area contributed by atoms with Crippen LogP contribution in [0.1, 0.15) is 17.2 Å². The first-order valence-electron chi connectivity index (χ1n) is 8.48. The van der Waals surface area contributed by atoms with E-state index in [4.69, 9.17) is 0 Å². The van der Waals surface area contributed by atoms with Crippen LogP contribution in [0.15, 0.2) is 48.5 Å². The van der Waals surface area contributed by atoms with Gasteiger partial charge in [-0.25, -0.2) is 8.78 Å². The van der Waals surface area contributed by atoms with Gasteiger partial charge in [0.05, 0.1) is 12.5 Å². The molecule has 1 aliphatic heterocycles. The minimum atomic E-state index is -0.454. The molecular formula is C20H19F2N3O. The molecule has 6 heteroatoms. The molecule has 0 spiro atoms. The predicted octanol–water partition coefficient (Wildman–Crippen LogP) is 2.92. The summed E-state index contributed by atoms with van der Waals surface area (Å²) in [5.74, 6) is -0.661. The number of hydrogen-bond acceptors (Lipinski definition) is 3. The number of amides is 1. The van der Waals surface area contributed by atoms with Crippen molar-refractivity contribution < 1.29 is 13.6 Å². The molecule has 1 heterocycles. The van der Waals surface area contributed by atoms with Gasteiger partial charge in [-0.2, -0.15) is 5.26 Å². The second kappa shape index (κ2) is 8.07. The highest BCUT2D eigenvalue weighted by Gasteiger charge is 2.27. The quantitative estimate of drug-likeness (QED) is 0.847. The molecule has 0 aromatic heterocycles. The van der Waals surface area contributed by atoms with E-state index in [9.17, 15) is 18.8 Å². The highest BCUT2D eigenvalue weighted by molar-refractivity contribution is 5.78. The van der Waals surface area contributed by atoms with E-state index >= 15 is 0 Å². The average Bonchev–Trinajstić information content (AvgIpc) is 2.66. The van der Waals surface area contributed by atoms with Gasteiger partial charge in [-0.1, -0.05) is 24.3 Å². The SMILES string of the molecule is N#CC(c1ccc(F)cc1)N1CCN(C(=O)Cc2ccc(F)cc2)CC1. The average molecular weight is 355 g/mol. The molecule has 1 amide bonds. The summed E-state index contributed by atoms with van der Waals surface area (Å²) in [5.41, 5.74) is 1.53. The summed E-state index contributed by atoms with van der Waals surface area (Å²) >= 11 is 0. The number of carbonyl (C=O) groups excluding carboxylic acids is 1. The first kappa shape index (κ1) is 18.0. The summed E-state index contributed by atoms with van der Waals surface area (Å²) in [6.45, 7) is 2.20. The molecule has 4 nitrogen and oxygen atoms in total. The fraction of sp³-hybridized carbons (Fsp3) is 0.300. The minimum Gasteiger partial charge on any atom is -0.340 e. The second-order valence-electron chi connectivity index (χ2n) is 6.30. The molecule has 0 saturated carbocycles. The van der Waals surface area contributed by atoms with Crippen molar-refractivity contribution in [3.8, 4) is 6.07 Å². The number of nitrogens with zero attached hydrogens (tertiary/aromatic N) is 3. The van der Waals surface area contributed by atoms with Crippen molar-refractivity contribution in [2.45, 2.75) is 12.5 Å². The van der Waals surface area contributed by atoms with Crippen molar-refractivity contribution in [1.29, 1.82) is 5.26 Å². The van der Waals surface area contributed by atoms with Crippen molar-refractivity contribution in [3.05, 3.63) is 71.3 Å². The third kappa shape index (κ3) is 4.24. The zero-order valence-corrected chi connectivity index (χ0v) is 14.2. The van der Waals surface area contributed by atoms with Gasteiger partial charge in [0.25, 0.3) is 0 Å². The Morgan fingerprint density at radius 3 is 2.04 bits per heavy atom. The maximum atomic E-state index is 13.1. The first-order chi connectivity index (χ1) is 12.6. The smallest absolute Gasteiger partial charge is 0.227 e. The van der Waals surface area contributed by atoms with E-state index < -0.39 is 6.04 Å². The van der Waals surface area contributed by atoms with E-state index in [1.807, 2.05) is 4.90 Å². The van der Waals surface area contributed by atoms with E-state index in [2.05, 4.69) is 6.07 Å². The lowest BCUT2D eigenvalue weighted by Crippen LogP contribution is -2.49. The Morgan fingerprint density at radius 1 is 0.962 bits per heavy atom. The molecule has 0 N–H and O–H groups in total. The summed E-state index contributed by atoms with van der Waals surface area (Å²) in [5, 5.41) is 9.50. The highest BCUT2D eigenvalue weighted by Crippen LogP contribution is 2.22. The Kier molecular flexibility index (Phi) is 5.59. The Labute approximate surface area is 151 Å². The molecule has 0 bridgehead atoms. The number of piperazine rings is 1. The summed E-state index contributed by atoms with van der Waals surface area (Å²) in [6.07, 6.45) is 0.236. The van der Waals surface area contributed by atoms with Crippen molar-refractivity contribution in [3.63, 3.8) is 0 Å². The molecule has 0 aliphatic carbocycles. The molecule has 2 aromatic rings. The van der Waals surface area contributed by atoms with Crippen LogP contribution in [0.25, 0.3) is 0 Å². The van der Waals surface area contributed by atoms with Crippen LogP contribution in [0, 0.1) is 23.0 Å². The van der Waals surface area contributed by atoms with Crippen molar-refractivity contribution in [2.75, 3.05) is 26.2 Å². The lowest BCUT2D eigenvalue weighted by Gasteiger charge is -2.37. The van der Waals surface area contributed by atoms with E-state index in [0.29, 0.717) is 26.2 Å². The van der Waals surface area contributed by atoms with Gasteiger partial charge in [0.1, 0.15) is 17.7 Å². The number of carbonyl (C=O) groups is 1. The second-order valence-corrected chi connectivity index (χ2v) is 6.30. The fourth-order valence-corrected chi connectivity index (χ4v) is 3.13. The van der Waals surface area contributed by atoms with Crippen LogP contribution in [0.3, 0.4) is 0 Å². The Balaban J connectivity index is 1.57. The van der Waals surface area contributed by atoms with Gasteiger partial charge in [-0.05, 0) is 35.4 Å². The van der Waals surface area contributed by atoms with E-state index in [1.165, 1.54) is 24.3 Å². The Morgan fingerprint density at radius 2 is 1.50 bits per heavy atom. The van der Waals surface area contributed by atoms with Crippen LogP contribution >= 0.6 is 0 Å². The van der Waals surface area contributed by atoms with Gasteiger partial charge in [-0.15, -0.1) is 0 Å². The standard InChI is InChI=1S/C20H19F2N3O/c21-17-5-1-15(2-6-17)13-20(26)25-11-9-24(10-12-25)19(14-23)16-3-7-18(22)8-4-16/h1-8,19H,9-13H2. The molecule has 26 heavy (non-hydrogen) atoms. The van der Waals surface area contributed by atoms with Crippen molar-refractivity contribution in [2.24, 2.45) is 0 Å². The minimum absolute atomic E-state index is 0.00783. The molecule has 1 fully saturated rings. The van der Waals surface area contributed by atoms with Gasteiger partial charge in [0, 0.05) is 26.2 Å². The summed E-state index contributed by atoms with van der Waals surface area (Å²) in [4.78, 5) is 16.2. The maximum absolute atomic E-state index is 13.1. The number of hydrogen-bond donors (Lipinski definition) is 0.